The number of aromatic nitrogens is 2. The van der Waals surface area contributed by atoms with Crippen LogP contribution in [0.2, 0.25) is 5.02 Å². The van der Waals surface area contributed by atoms with Crippen LogP contribution in [0, 0.1) is 0 Å². The normalized spacial score (nSPS) is 10.4. The second kappa shape index (κ2) is 5.03. The number of aryl methyl sites for hydroxylation is 1. The van der Waals surface area contributed by atoms with Gasteiger partial charge in [0.1, 0.15) is 0 Å². The van der Waals surface area contributed by atoms with Gasteiger partial charge in [0.2, 0.25) is 0 Å². The largest absolute Gasteiger partial charge is 0.383 e. The predicted octanol–water partition coefficient (Wildman–Crippen LogP) is 2.73. The van der Waals surface area contributed by atoms with Crippen LogP contribution < -0.4 is 5.32 Å². The average Bonchev–Trinajstić information content (AvgIpc) is 2.67. The smallest absolute Gasteiger partial charge is 0.0637 e. The maximum absolute atomic E-state index is 6.04. The molecule has 0 atom stereocenters. The Kier molecular flexibility index (Phi) is 3.47. The van der Waals surface area contributed by atoms with Gasteiger partial charge >= 0.3 is 0 Å². The lowest BCUT2D eigenvalue weighted by atomic mass is 10.3. The van der Waals surface area contributed by atoms with Crippen LogP contribution in [0.3, 0.4) is 0 Å². The number of nitrogens with zero attached hydrogens (tertiary/aromatic N) is 2. The molecule has 0 amide bonds. The third-order valence-corrected chi connectivity index (χ3v) is 2.82. The van der Waals surface area contributed by atoms with Gasteiger partial charge in [0.25, 0.3) is 0 Å². The third-order valence-electron chi connectivity index (χ3n) is 2.49. The van der Waals surface area contributed by atoms with Gasteiger partial charge < -0.3 is 5.32 Å². The molecule has 0 bridgehead atoms. The van der Waals surface area contributed by atoms with Gasteiger partial charge in [0, 0.05) is 31.9 Å². The van der Waals surface area contributed by atoms with Crippen molar-refractivity contribution in [3.05, 3.63) is 47.2 Å². The summed E-state index contributed by atoms with van der Waals surface area (Å²) >= 11 is 6.04. The minimum Gasteiger partial charge on any atom is -0.383 e. The number of nitrogens with one attached hydrogen (secondary N) is 1. The lowest BCUT2D eigenvalue weighted by Crippen LogP contribution is -2.08. The minimum atomic E-state index is 0.757. The van der Waals surface area contributed by atoms with Crippen LogP contribution in [0.5, 0.6) is 0 Å². The molecule has 0 unspecified atom stereocenters. The number of benzene rings is 1. The van der Waals surface area contributed by atoms with Crippen LogP contribution in [-0.4, -0.2) is 16.3 Å². The highest BCUT2D eigenvalue weighted by molar-refractivity contribution is 6.33. The summed E-state index contributed by atoms with van der Waals surface area (Å²) in [6.45, 7) is 0.850. The average molecular weight is 236 g/mol. The Morgan fingerprint density at radius 3 is 2.81 bits per heavy atom. The quantitative estimate of drug-likeness (QED) is 0.883. The fourth-order valence-corrected chi connectivity index (χ4v) is 1.78. The zero-order valence-corrected chi connectivity index (χ0v) is 9.91. The van der Waals surface area contributed by atoms with E-state index in [0.29, 0.717) is 0 Å². The summed E-state index contributed by atoms with van der Waals surface area (Å²) in [5, 5.41) is 8.18. The fraction of sp³-hybridized carbons (Fsp3) is 0.250. The molecule has 4 heteroatoms. The maximum Gasteiger partial charge on any atom is 0.0637 e. The second-order valence-corrected chi connectivity index (χ2v) is 4.01. The number of para-hydroxylation sites is 1. The molecule has 0 aliphatic carbocycles. The van der Waals surface area contributed by atoms with E-state index in [2.05, 4.69) is 10.4 Å². The summed E-state index contributed by atoms with van der Waals surface area (Å²) in [6, 6.07) is 9.78. The molecule has 1 aromatic heterocycles. The first-order chi connectivity index (χ1) is 7.77. The van der Waals surface area contributed by atoms with Crippen molar-refractivity contribution in [3.63, 3.8) is 0 Å². The minimum absolute atomic E-state index is 0.757. The summed E-state index contributed by atoms with van der Waals surface area (Å²) in [4.78, 5) is 0. The molecule has 3 nitrogen and oxygen atoms in total. The molecule has 1 aromatic carbocycles. The van der Waals surface area contributed by atoms with Gasteiger partial charge in [-0.25, -0.2) is 0 Å². The first kappa shape index (κ1) is 11.0. The Balaban J connectivity index is 1.89. The molecule has 0 saturated carbocycles. The van der Waals surface area contributed by atoms with E-state index in [1.54, 1.807) is 0 Å². The van der Waals surface area contributed by atoms with E-state index in [0.717, 1.165) is 23.7 Å². The molecule has 0 fully saturated rings. The summed E-state index contributed by atoms with van der Waals surface area (Å²) in [7, 11) is 1.95. The Labute approximate surface area is 100 Å². The first-order valence-corrected chi connectivity index (χ1v) is 5.60. The van der Waals surface area contributed by atoms with Crippen molar-refractivity contribution in [2.45, 2.75) is 6.42 Å². The van der Waals surface area contributed by atoms with E-state index < -0.39 is 0 Å². The molecule has 1 N–H and O–H groups in total. The summed E-state index contributed by atoms with van der Waals surface area (Å²) in [5.41, 5.74) is 2.19. The highest BCUT2D eigenvalue weighted by Gasteiger charge is 2.00. The van der Waals surface area contributed by atoms with E-state index in [4.69, 9.17) is 11.6 Å². The first-order valence-electron chi connectivity index (χ1n) is 5.22. The van der Waals surface area contributed by atoms with Crippen molar-refractivity contribution in [3.8, 4) is 0 Å². The zero-order chi connectivity index (χ0) is 11.4. The summed E-state index contributed by atoms with van der Waals surface area (Å²) in [5.74, 6) is 0. The number of hydrogen-bond acceptors (Lipinski definition) is 2. The number of rotatable bonds is 4. The van der Waals surface area contributed by atoms with Gasteiger partial charge in [-0.15, -0.1) is 0 Å². The van der Waals surface area contributed by atoms with Crippen molar-refractivity contribution in [1.29, 1.82) is 0 Å². The molecule has 0 radical (unpaired) electrons. The predicted molar refractivity (Wildman–Crippen MR) is 66.9 cm³/mol. The van der Waals surface area contributed by atoms with Crippen LogP contribution in [0.15, 0.2) is 36.5 Å². The molecule has 0 aliphatic heterocycles. The number of halogens is 1. The van der Waals surface area contributed by atoms with E-state index >= 15 is 0 Å². The molecular formula is C12H14ClN3. The topological polar surface area (TPSA) is 29.9 Å². The lowest BCUT2D eigenvalue weighted by molar-refractivity contribution is 0.711. The van der Waals surface area contributed by atoms with Gasteiger partial charge in [-0.3, -0.25) is 4.68 Å². The van der Waals surface area contributed by atoms with Gasteiger partial charge in [-0.1, -0.05) is 23.7 Å². The SMILES string of the molecule is Cn1nccc1CCNc1ccccc1Cl. The lowest BCUT2D eigenvalue weighted by Gasteiger charge is -2.07. The Bertz CT molecular complexity index is 465. The molecule has 0 aliphatic rings. The highest BCUT2D eigenvalue weighted by atomic mass is 35.5. The van der Waals surface area contributed by atoms with E-state index in [1.807, 2.05) is 48.3 Å². The molecule has 1 heterocycles. The summed E-state index contributed by atoms with van der Waals surface area (Å²) in [6.07, 6.45) is 2.74. The van der Waals surface area contributed by atoms with Crippen molar-refractivity contribution in [2.75, 3.05) is 11.9 Å². The Morgan fingerprint density at radius 2 is 2.12 bits per heavy atom. The van der Waals surface area contributed by atoms with Gasteiger partial charge in [-0.2, -0.15) is 5.10 Å². The van der Waals surface area contributed by atoms with Crippen LogP contribution in [-0.2, 0) is 13.5 Å². The van der Waals surface area contributed by atoms with Crippen molar-refractivity contribution in [1.82, 2.24) is 9.78 Å². The molecular weight excluding hydrogens is 222 g/mol. The van der Waals surface area contributed by atoms with Gasteiger partial charge in [-0.05, 0) is 18.2 Å². The second-order valence-electron chi connectivity index (χ2n) is 3.60. The molecule has 2 aromatic rings. The van der Waals surface area contributed by atoms with Crippen LogP contribution in [0.25, 0.3) is 0 Å². The summed E-state index contributed by atoms with van der Waals surface area (Å²) < 4.78 is 1.88. The van der Waals surface area contributed by atoms with Crippen LogP contribution in [0.1, 0.15) is 5.69 Å². The van der Waals surface area contributed by atoms with Crippen LogP contribution >= 0.6 is 11.6 Å². The Morgan fingerprint density at radius 1 is 1.31 bits per heavy atom. The fourth-order valence-electron chi connectivity index (χ4n) is 1.58. The standard InChI is InChI=1S/C12H14ClN3/c1-16-10(7-9-15-16)6-8-14-12-5-3-2-4-11(12)13/h2-5,7,9,14H,6,8H2,1H3. The zero-order valence-electron chi connectivity index (χ0n) is 9.15. The van der Waals surface area contributed by atoms with E-state index in [-0.39, 0.29) is 0 Å². The molecule has 2 rings (SSSR count). The van der Waals surface area contributed by atoms with Gasteiger partial charge in [0.15, 0.2) is 0 Å². The highest BCUT2D eigenvalue weighted by Crippen LogP contribution is 2.20. The monoisotopic (exact) mass is 235 g/mol. The van der Waals surface area contributed by atoms with Crippen molar-refractivity contribution in [2.24, 2.45) is 7.05 Å². The maximum atomic E-state index is 6.04. The molecule has 0 saturated heterocycles. The Hall–Kier alpha value is -1.48. The molecule has 84 valence electrons. The number of hydrogen-bond donors (Lipinski definition) is 1. The third kappa shape index (κ3) is 2.55. The molecule has 0 spiro atoms. The van der Waals surface area contributed by atoms with Crippen molar-refractivity contribution >= 4 is 17.3 Å². The molecule has 16 heavy (non-hydrogen) atoms. The van der Waals surface area contributed by atoms with Crippen LogP contribution in [0.4, 0.5) is 5.69 Å². The van der Waals surface area contributed by atoms with E-state index in [9.17, 15) is 0 Å². The number of anilines is 1. The van der Waals surface area contributed by atoms with Gasteiger partial charge in [0.05, 0.1) is 10.7 Å². The van der Waals surface area contributed by atoms with E-state index in [1.165, 1.54) is 5.69 Å². The van der Waals surface area contributed by atoms with Crippen molar-refractivity contribution < 1.29 is 0 Å².